The van der Waals surface area contributed by atoms with Crippen molar-refractivity contribution in [3.8, 4) is 5.75 Å². The van der Waals surface area contributed by atoms with Crippen LogP contribution in [0.3, 0.4) is 0 Å². The minimum Gasteiger partial charge on any atom is -0.405 e. The molecule has 1 N–H and O–H groups in total. The van der Waals surface area contributed by atoms with Crippen molar-refractivity contribution < 1.29 is 22.7 Å². The number of halogens is 3. The summed E-state index contributed by atoms with van der Waals surface area (Å²) in [4.78, 5) is 10.6. The lowest BCUT2D eigenvalue weighted by molar-refractivity contribution is -0.274. The number of carbonyl (C=O) groups is 1. The van der Waals surface area contributed by atoms with Crippen LogP contribution in [0.1, 0.15) is 6.92 Å². The summed E-state index contributed by atoms with van der Waals surface area (Å²) in [5.74, 6) is -0.885. The Hall–Kier alpha value is -1.72. The van der Waals surface area contributed by atoms with E-state index in [4.69, 9.17) is 0 Å². The minimum absolute atomic E-state index is 0.129. The van der Waals surface area contributed by atoms with E-state index in [0.717, 1.165) is 6.07 Å². The summed E-state index contributed by atoms with van der Waals surface area (Å²) in [7, 11) is 0. The monoisotopic (exact) mass is 218 g/mol. The van der Waals surface area contributed by atoms with Gasteiger partial charge in [0.05, 0.1) is 11.8 Å². The van der Waals surface area contributed by atoms with Crippen molar-refractivity contribution in [2.75, 3.05) is 5.32 Å². The largest absolute Gasteiger partial charge is 0.573 e. The van der Waals surface area contributed by atoms with E-state index in [2.05, 4.69) is 16.1 Å². The molecular weight excluding hydrogens is 211 g/mol. The zero-order chi connectivity index (χ0) is 11.5. The Labute approximate surface area is 83.8 Å². The lowest BCUT2D eigenvalue weighted by atomic mass is 10.3. The van der Waals surface area contributed by atoms with Crippen LogP contribution in [-0.2, 0) is 4.79 Å². The molecule has 1 radical (unpaired) electrons. The maximum Gasteiger partial charge on any atom is 0.573 e. The summed E-state index contributed by atoms with van der Waals surface area (Å²) >= 11 is 0. The molecule has 0 spiro atoms. The SMILES string of the molecule is CC(=O)Nc1[c]c(OC(F)(F)F)ccc1. The number of amides is 1. The molecule has 0 aliphatic heterocycles. The summed E-state index contributed by atoms with van der Waals surface area (Å²) in [6, 6.07) is 6.08. The first-order chi connectivity index (χ1) is 6.87. The first-order valence-electron chi connectivity index (χ1n) is 3.92. The zero-order valence-corrected chi connectivity index (χ0v) is 7.68. The molecule has 1 aromatic carbocycles. The van der Waals surface area contributed by atoms with Crippen LogP contribution in [0, 0.1) is 6.07 Å². The van der Waals surface area contributed by atoms with Crippen molar-refractivity contribution in [2.24, 2.45) is 0 Å². The van der Waals surface area contributed by atoms with Crippen LogP contribution in [-0.4, -0.2) is 12.3 Å². The van der Waals surface area contributed by atoms with Gasteiger partial charge < -0.3 is 10.1 Å². The van der Waals surface area contributed by atoms with Gasteiger partial charge in [-0.1, -0.05) is 6.07 Å². The molecule has 0 saturated carbocycles. The van der Waals surface area contributed by atoms with Crippen molar-refractivity contribution in [2.45, 2.75) is 13.3 Å². The van der Waals surface area contributed by atoms with Crippen LogP contribution in [0.25, 0.3) is 0 Å². The third-order valence-electron chi connectivity index (χ3n) is 1.30. The van der Waals surface area contributed by atoms with Crippen molar-refractivity contribution in [1.82, 2.24) is 0 Å². The maximum atomic E-state index is 11.8. The summed E-state index contributed by atoms with van der Waals surface area (Å²) in [6.45, 7) is 1.24. The van der Waals surface area contributed by atoms with Gasteiger partial charge >= 0.3 is 6.36 Å². The second-order valence-corrected chi connectivity index (χ2v) is 2.66. The molecule has 1 amide bonds. The summed E-state index contributed by atoms with van der Waals surface area (Å²) < 4.78 is 39.0. The molecule has 1 aromatic rings. The molecule has 0 heterocycles. The number of rotatable bonds is 2. The molecule has 0 aliphatic carbocycles. The normalized spacial score (nSPS) is 10.9. The van der Waals surface area contributed by atoms with Gasteiger partial charge in [-0.05, 0) is 12.1 Å². The Balaban J connectivity index is 2.79. The molecule has 0 unspecified atom stereocenters. The summed E-state index contributed by atoms with van der Waals surface area (Å²) in [6.07, 6.45) is -4.76. The van der Waals surface area contributed by atoms with Gasteiger partial charge in [-0.25, -0.2) is 0 Å². The molecule has 81 valence electrons. The van der Waals surface area contributed by atoms with Crippen LogP contribution in [0.2, 0.25) is 0 Å². The molecular formula is C9H7F3NO2. The van der Waals surface area contributed by atoms with Gasteiger partial charge in [0.1, 0.15) is 5.75 Å². The Morgan fingerprint density at radius 2 is 2.13 bits per heavy atom. The predicted octanol–water partition coefficient (Wildman–Crippen LogP) is 2.34. The number of hydrogen-bond acceptors (Lipinski definition) is 2. The van der Waals surface area contributed by atoms with E-state index in [-0.39, 0.29) is 5.69 Å². The van der Waals surface area contributed by atoms with Crippen molar-refractivity contribution >= 4 is 11.6 Å². The predicted molar refractivity (Wildman–Crippen MR) is 46.3 cm³/mol. The first-order valence-corrected chi connectivity index (χ1v) is 3.92. The molecule has 0 fully saturated rings. The Kier molecular flexibility index (Phi) is 3.18. The molecule has 0 bridgehead atoms. The van der Waals surface area contributed by atoms with Crippen molar-refractivity contribution in [1.29, 1.82) is 0 Å². The molecule has 1 rings (SSSR count). The van der Waals surface area contributed by atoms with Crippen molar-refractivity contribution in [3.63, 3.8) is 0 Å². The van der Waals surface area contributed by atoms with Gasteiger partial charge in [-0.3, -0.25) is 4.79 Å². The highest BCUT2D eigenvalue weighted by molar-refractivity contribution is 5.88. The van der Waals surface area contributed by atoms with Gasteiger partial charge in [-0.2, -0.15) is 0 Å². The van der Waals surface area contributed by atoms with E-state index in [0.29, 0.717) is 0 Å². The molecule has 0 atom stereocenters. The Morgan fingerprint density at radius 1 is 1.47 bits per heavy atom. The highest BCUT2D eigenvalue weighted by atomic mass is 19.4. The van der Waals surface area contributed by atoms with Crippen LogP contribution in [0.5, 0.6) is 5.75 Å². The second-order valence-electron chi connectivity index (χ2n) is 2.66. The van der Waals surface area contributed by atoms with Crippen LogP contribution in [0.4, 0.5) is 18.9 Å². The smallest absolute Gasteiger partial charge is 0.405 e. The van der Waals surface area contributed by atoms with E-state index in [1.165, 1.54) is 19.1 Å². The van der Waals surface area contributed by atoms with Gasteiger partial charge in [0, 0.05) is 6.92 Å². The van der Waals surface area contributed by atoms with Gasteiger partial charge in [0.2, 0.25) is 5.91 Å². The number of anilines is 1. The topological polar surface area (TPSA) is 38.3 Å². The zero-order valence-electron chi connectivity index (χ0n) is 7.68. The molecule has 6 heteroatoms. The van der Waals surface area contributed by atoms with Crippen LogP contribution >= 0.6 is 0 Å². The average Bonchev–Trinajstić information content (AvgIpc) is 1.99. The number of ether oxygens (including phenoxy) is 1. The van der Waals surface area contributed by atoms with Gasteiger partial charge in [-0.15, -0.1) is 13.2 Å². The van der Waals surface area contributed by atoms with E-state index >= 15 is 0 Å². The number of carbonyl (C=O) groups excluding carboxylic acids is 1. The number of benzene rings is 1. The molecule has 0 aromatic heterocycles. The van der Waals surface area contributed by atoms with E-state index in [9.17, 15) is 18.0 Å². The maximum absolute atomic E-state index is 11.8. The van der Waals surface area contributed by atoms with Gasteiger partial charge in [0.15, 0.2) is 0 Å². The van der Waals surface area contributed by atoms with E-state index < -0.39 is 18.0 Å². The average molecular weight is 218 g/mol. The summed E-state index contributed by atoms with van der Waals surface area (Å²) in [5.41, 5.74) is 0.129. The fourth-order valence-electron chi connectivity index (χ4n) is 0.895. The lowest BCUT2D eigenvalue weighted by Crippen LogP contribution is -2.17. The molecule has 0 saturated heterocycles. The molecule has 0 aliphatic rings. The summed E-state index contributed by atoms with van der Waals surface area (Å²) in [5, 5.41) is 2.29. The minimum atomic E-state index is -4.76. The van der Waals surface area contributed by atoms with E-state index in [1.807, 2.05) is 0 Å². The first kappa shape index (κ1) is 11.4. The fourth-order valence-corrected chi connectivity index (χ4v) is 0.895. The van der Waals surface area contributed by atoms with Gasteiger partial charge in [0.25, 0.3) is 0 Å². The highest BCUT2D eigenvalue weighted by Gasteiger charge is 2.31. The fraction of sp³-hybridized carbons (Fsp3) is 0.222. The Bertz CT molecular complexity index is 363. The third kappa shape index (κ3) is 4.35. The molecule has 15 heavy (non-hydrogen) atoms. The van der Waals surface area contributed by atoms with Crippen LogP contribution in [0.15, 0.2) is 18.2 Å². The number of nitrogens with one attached hydrogen (secondary N) is 1. The lowest BCUT2D eigenvalue weighted by Gasteiger charge is -2.09. The van der Waals surface area contributed by atoms with Crippen molar-refractivity contribution in [3.05, 3.63) is 24.3 Å². The standard InChI is InChI=1S/C9H7F3NO2/c1-6(14)13-7-3-2-4-8(5-7)15-9(10,11)12/h2-4H,1H3,(H,13,14). The second kappa shape index (κ2) is 4.20. The highest BCUT2D eigenvalue weighted by Crippen LogP contribution is 2.24. The third-order valence-corrected chi connectivity index (χ3v) is 1.30. The molecule has 3 nitrogen and oxygen atoms in total. The Morgan fingerprint density at radius 3 is 2.67 bits per heavy atom. The quantitative estimate of drug-likeness (QED) is 0.827. The van der Waals surface area contributed by atoms with Crippen LogP contribution < -0.4 is 10.1 Å². The number of alkyl halides is 3. The van der Waals surface area contributed by atoms with E-state index in [1.54, 1.807) is 0 Å². The number of hydrogen-bond donors (Lipinski definition) is 1.